The van der Waals surface area contributed by atoms with Crippen LogP contribution in [0, 0.1) is 18.6 Å². The van der Waals surface area contributed by atoms with Crippen molar-refractivity contribution >= 4 is 15.5 Å². The standard InChI is InChI=1S/C15H15F2NO2S/c1-10-6-7-11(21(2,19)20)8-15(10)18-9-12-13(16)4-3-5-14(12)17/h3-8,18H,9H2,1-2H3. The average Bonchev–Trinajstić information content (AvgIpc) is 2.38. The Morgan fingerprint density at radius 1 is 1.10 bits per heavy atom. The number of anilines is 1. The lowest BCUT2D eigenvalue weighted by Crippen LogP contribution is -2.07. The molecule has 2 rings (SSSR count). The van der Waals surface area contributed by atoms with Gasteiger partial charge in [0.1, 0.15) is 11.6 Å². The molecule has 0 atom stereocenters. The molecular formula is C15H15F2NO2S. The van der Waals surface area contributed by atoms with Gasteiger partial charge in [-0.15, -0.1) is 0 Å². The first kappa shape index (κ1) is 15.4. The first-order chi connectivity index (χ1) is 9.79. The Kier molecular flexibility index (Phi) is 4.27. The van der Waals surface area contributed by atoms with E-state index in [1.165, 1.54) is 30.3 Å². The Labute approximate surface area is 122 Å². The van der Waals surface area contributed by atoms with Gasteiger partial charge < -0.3 is 5.32 Å². The molecule has 0 fully saturated rings. The summed E-state index contributed by atoms with van der Waals surface area (Å²) in [5, 5.41) is 2.88. The van der Waals surface area contributed by atoms with Gasteiger partial charge in [0, 0.05) is 24.1 Å². The Hall–Kier alpha value is -1.95. The average molecular weight is 311 g/mol. The van der Waals surface area contributed by atoms with Crippen molar-refractivity contribution in [2.45, 2.75) is 18.4 Å². The molecule has 0 aliphatic carbocycles. The SMILES string of the molecule is Cc1ccc(S(C)(=O)=O)cc1NCc1c(F)cccc1F. The molecule has 2 aromatic rings. The monoisotopic (exact) mass is 311 g/mol. The molecule has 0 spiro atoms. The summed E-state index contributed by atoms with van der Waals surface area (Å²) in [7, 11) is -3.33. The van der Waals surface area contributed by atoms with Crippen LogP contribution in [0.4, 0.5) is 14.5 Å². The van der Waals surface area contributed by atoms with E-state index in [1.807, 2.05) is 0 Å². The molecule has 3 nitrogen and oxygen atoms in total. The van der Waals surface area contributed by atoms with Crippen LogP contribution in [0.25, 0.3) is 0 Å². The molecule has 2 aromatic carbocycles. The molecule has 6 heteroatoms. The third-order valence-electron chi connectivity index (χ3n) is 3.15. The van der Waals surface area contributed by atoms with E-state index in [9.17, 15) is 17.2 Å². The van der Waals surface area contributed by atoms with E-state index in [0.717, 1.165) is 11.8 Å². The van der Waals surface area contributed by atoms with Crippen molar-refractivity contribution in [3.05, 3.63) is 59.2 Å². The van der Waals surface area contributed by atoms with E-state index in [2.05, 4.69) is 5.32 Å². The number of hydrogen-bond donors (Lipinski definition) is 1. The fourth-order valence-electron chi connectivity index (χ4n) is 1.91. The number of hydrogen-bond acceptors (Lipinski definition) is 3. The van der Waals surface area contributed by atoms with Crippen molar-refractivity contribution in [1.82, 2.24) is 0 Å². The summed E-state index contributed by atoms with van der Waals surface area (Å²) in [6.45, 7) is 1.72. The molecule has 21 heavy (non-hydrogen) atoms. The maximum atomic E-state index is 13.5. The molecule has 0 aliphatic rings. The van der Waals surface area contributed by atoms with Crippen molar-refractivity contribution in [1.29, 1.82) is 0 Å². The zero-order chi connectivity index (χ0) is 15.6. The summed E-state index contributed by atoms with van der Waals surface area (Å²) in [5.41, 5.74) is 1.24. The van der Waals surface area contributed by atoms with Gasteiger partial charge >= 0.3 is 0 Å². The lowest BCUT2D eigenvalue weighted by Gasteiger charge is -2.12. The predicted molar refractivity (Wildman–Crippen MR) is 78.0 cm³/mol. The van der Waals surface area contributed by atoms with E-state index >= 15 is 0 Å². The third kappa shape index (κ3) is 3.58. The summed E-state index contributed by atoms with van der Waals surface area (Å²) in [4.78, 5) is 0.157. The van der Waals surface area contributed by atoms with Gasteiger partial charge in [0.15, 0.2) is 9.84 Å². The molecule has 112 valence electrons. The minimum absolute atomic E-state index is 0.0629. The van der Waals surface area contributed by atoms with Gasteiger partial charge in [-0.25, -0.2) is 17.2 Å². The van der Waals surface area contributed by atoms with Gasteiger partial charge in [0.25, 0.3) is 0 Å². The molecule has 0 unspecified atom stereocenters. The molecule has 0 aliphatic heterocycles. The van der Waals surface area contributed by atoms with Crippen LogP contribution in [0.1, 0.15) is 11.1 Å². The van der Waals surface area contributed by atoms with Crippen LogP contribution < -0.4 is 5.32 Å². The summed E-state index contributed by atoms with van der Waals surface area (Å²) in [5.74, 6) is -1.28. The van der Waals surface area contributed by atoms with Gasteiger partial charge in [0.05, 0.1) is 4.90 Å². The number of sulfone groups is 1. The van der Waals surface area contributed by atoms with Crippen LogP contribution >= 0.6 is 0 Å². The number of rotatable bonds is 4. The lowest BCUT2D eigenvalue weighted by molar-refractivity contribution is 0.560. The van der Waals surface area contributed by atoms with Crippen molar-refractivity contribution in [2.24, 2.45) is 0 Å². The summed E-state index contributed by atoms with van der Waals surface area (Å²) in [6, 6.07) is 8.27. The molecule has 0 aromatic heterocycles. The van der Waals surface area contributed by atoms with Crippen LogP contribution in [0.5, 0.6) is 0 Å². The van der Waals surface area contributed by atoms with Crippen molar-refractivity contribution in [2.75, 3.05) is 11.6 Å². The van der Waals surface area contributed by atoms with E-state index < -0.39 is 21.5 Å². The number of halogens is 2. The van der Waals surface area contributed by atoms with Crippen LogP contribution in [0.3, 0.4) is 0 Å². The van der Waals surface area contributed by atoms with Crippen molar-refractivity contribution in [3.8, 4) is 0 Å². The fourth-order valence-corrected chi connectivity index (χ4v) is 2.55. The number of benzene rings is 2. The summed E-state index contributed by atoms with van der Waals surface area (Å²) < 4.78 is 50.2. The molecule has 1 N–H and O–H groups in total. The topological polar surface area (TPSA) is 46.2 Å². The fraction of sp³-hybridized carbons (Fsp3) is 0.200. The van der Waals surface area contributed by atoms with E-state index in [4.69, 9.17) is 0 Å². The molecule has 0 saturated carbocycles. The summed E-state index contributed by atoms with van der Waals surface area (Å²) >= 11 is 0. The van der Waals surface area contributed by atoms with Gasteiger partial charge in [-0.3, -0.25) is 0 Å². The zero-order valence-corrected chi connectivity index (χ0v) is 12.5. The highest BCUT2D eigenvalue weighted by atomic mass is 32.2. The zero-order valence-electron chi connectivity index (χ0n) is 11.7. The third-order valence-corrected chi connectivity index (χ3v) is 4.26. The molecule has 0 heterocycles. The molecule has 0 amide bonds. The first-order valence-corrected chi connectivity index (χ1v) is 8.15. The van der Waals surface area contributed by atoms with Crippen LogP contribution in [0.2, 0.25) is 0 Å². The van der Waals surface area contributed by atoms with E-state index in [-0.39, 0.29) is 17.0 Å². The minimum atomic E-state index is -3.33. The van der Waals surface area contributed by atoms with Gasteiger partial charge in [0.2, 0.25) is 0 Å². The predicted octanol–water partition coefficient (Wildman–Crippen LogP) is 3.29. The first-order valence-electron chi connectivity index (χ1n) is 6.26. The molecule has 0 bridgehead atoms. The van der Waals surface area contributed by atoms with Crippen molar-refractivity contribution < 1.29 is 17.2 Å². The molecule has 0 radical (unpaired) electrons. The Morgan fingerprint density at radius 3 is 2.29 bits per heavy atom. The van der Waals surface area contributed by atoms with E-state index in [0.29, 0.717) is 5.69 Å². The largest absolute Gasteiger partial charge is 0.380 e. The highest BCUT2D eigenvalue weighted by molar-refractivity contribution is 7.90. The quantitative estimate of drug-likeness (QED) is 0.942. The number of nitrogens with one attached hydrogen (secondary N) is 1. The number of aryl methyl sites for hydroxylation is 1. The Balaban J connectivity index is 2.28. The normalized spacial score (nSPS) is 11.4. The molecular weight excluding hydrogens is 296 g/mol. The van der Waals surface area contributed by atoms with Crippen LogP contribution in [-0.2, 0) is 16.4 Å². The lowest BCUT2D eigenvalue weighted by atomic mass is 10.1. The second-order valence-corrected chi connectivity index (χ2v) is 6.82. The van der Waals surface area contributed by atoms with Gasteiger partial charge in [-0.2, -0.15) is 0 Å². The van der Waals surface area contributed by atoms with E-state index in [1.54, 1.807) is 13.0 Å². The second-order valence-electron chi connectivity index (χ2n) is 4.80. The highest BCUT2D eigenvalue weighted by Crippen LogP contribution is 2.22. The maximum Gasteiger partial charge on any atom is 0.175 e. The maximum absolute atomic E-state index is 13.5. The van der Waals surface area contributed by atoms with Crippen LogP contribution in [-0.4, -0.2) is 14.7 Å². The summed E-state index contributed by atoms with van der Waals surface area (Å²) in [6.07, 6.45) is 1.11. The smallest absolute Gasteiger partial charge is 0.175 e. The minimum Gasteiger partial charge on any atom is -0.380 e. The Morgan fingerprint density at radius 2 is 1.71 bits per heavy atom. The Bertz CT molecular complexity index is 753. The van der Waals surface area contributed by atoms with Crippen LogP contribution in [0.15, 0.2) is 41.3 Å². The highest BCUT2D eigenvalue weighted by Gasteiger charge is 2.11. The van der Waals surface area contributed by atoms with Gasteiger partial charge in [-0.05, 0) is 36.8 Å². The second kappa shape index (κ2) is 5.81. The molecule has 0 saturated heterocycles. The van der Waals surface area contributed by atoms with Gasteiger partial charge in [-0.1, -0.05) is 12.1 Å². The van der Waals surface area contributed by atoms with Crippen molar-refractivity contribution in [3.63, 3.8) is 0 Å².